The highest BCUT2D eigenvalue weighted by molar-refractivity contribution is 7.17. The number of nitrogens with zero attached hydrogens (tertiary/aromatic N) is 1. The molecule has 19 heavy (non-hydrogen) atoms. The molecule has 0 spiro atoms. The molecule has 0 saturated heterocycles. The molecule has 0 radical (unpaired) electrons. The number of hydrogen-bond donors (Lipinski definition) is 1. The van der Waals surface area contributed by atoms with Crippen LogP contribution in [-0.4, -0.2) is 9.55 Å². The van der Waals surface area contributed by atoms with E-state index >= 15 is 0 Å². The Morgan fingerprint density at radius 2 is 1.95 bits per heavy atom. The van der Waals surface area contributed by atoms with Crippen LogP contribution < -0.4 is 11.2 Å². The Kier molecular flexibility index (Phi) is 2.56. The highest BCUT2D eigenvalue weighted by atomic mass is 32.1. The van der Waals surface area contributed by atoms with Crippen molar-refractivity contribution in [2.24, 2.45) is 0 Å². The average Bonchev–Trinajstić information content (AvgIpc) is 2.80. The summed E-state index contributed by atoms with van der Waals surface area (Å²) in [5.41, 5.74) is -1.26. The minimum absolute atomic E-state index is 0.275. The van der Waals surface area contributed by atoms with Gasteiger partial charge in [0, 0.05) is 6.07 Å². The van der Waals surface area contributed by atoms with E-state index in [-0.39, 0.29) is 5.69 Å². The van der Waals surface area contributed by atoms with Gasteiger partial charge in [-0.3, -0.25) is 4.79 Å². The number of H-pyrrole nitrogens is 1. The van der Waals surface area contributed by atoms with Crippen molar-refractivity contribution in [2.45, 2.75) is 0 Å². The normalized spacial score (nSPS) is 11.1. The van der Waals surface area contributed by atoms with E-state index in [1.807, 2.05) is 0 Å². The summed E-state index contributed by atoms with van der Waals surface area (Å²) in [7, 11) is 0. The van der Waals surface area contributed by atoms with Crippen molar-refractivity contribution in [3.05, 3.63) is 62.1 Å². The topological polar surface area (TPSA) is 54.9 Å². The predicted octanol–water partition coefficient (Wildman–Crippen LogP) is 2.02. The molecule has 3 aromatic rings. The summed E-state index contributed by atoms with van der Waals surface area (Å²) in [6.07, 6.45) is 0. The lowest BCUT2D eigenvalue weighted by atomic mass is 10.3. The Morgan fingerprint density at radius 3 is 2.68 bits per heavy atom. The van der Waals surface area contributed by atoms with Crippen molar-refractivity contribution in [3.63, 3.8) is 0 Å². The second-order valence-electron chi connectivity index (χ2n) is 3.83. The highest BCUT2D eigenvalue weighted by Gasteiger charge is 2.14. The fraction of sp³-hybridized carbons (Fsp3) is 0. The fourth-order valence-electron chi connectivity index (χ4n) is 1.82. The van der Waals surface area contributed by atoms with Crippen molar-refractivity contribution < 1.29 is 8.78 Å². The van der Waals surface area contributed by atoms with E-state index in [0.717, 1.165) is 23.5 Å². The van der Waals surface area contributed by atoms with Gasteiger partial charge in [-0.1, -0.05) is 0 Å². The molecule has 0 atom stereocenters. The number of rotatable bonds is 1. The van der Waals surface area contributed by atoms with E-state index in [1.54, 1.807) is 11.4 Å². The third-order valence-electron chi connectivity index (χ3n) is 2.66. The van der Waals surface area contributed by atoms with Gasteiger partial charge in [-0.2, -0.15) is 0 Å². The van der Waals surface area contributed by atoms with Crippen LogP contribution in [0.1, 0.15) is 0 Å². The van der Waals surface area contributed by atoms with E-state index < -0.39 is 22.9 Å². The molecule has 0 bridgehead atoms. The number of nitrogens with one attached hydrogen (secondary N) is 1. The van der Waals surface area contributed by atoms with Gasteiger partial charge in [0.25, 0.3) is 5.56 Å². The summed E-state index contributed by atoms with van der Waals surface area (Å²) in [5.74, 6) is -1.74. The maximum absolute atomic E-state index is 13.7. The van der Waals surface area contributed by atoms with Gasteiger partial charge in [0.1, 0.15) is 16.3 Å². The first-order valence-electron chi connectivity index (χ1n) is 5.26. The van der Waals surface area contributed by atoms with Crippen LogP contribution in [0, 0.1) is 11.6 Å². The number of fused-ring (bicyclic) bond motifs is 1. The van der Waals surface area contributed by atoms with Crippen molar-refractivity contribution in [1.29, 1.82) is 0 Å². The molecule has 0 aliphatic rings. The third-order valence-corrected chi connectivity index (χ3v) is 3.56. The minimum Gasteiger partial charge on any atom is -0.306 e. The molecule has 3 rings (SSSR count). The molecule has 0 saturated carbocycles. The van der Waals surface area contributed by atoms with Gasteiger partial charge in [0.15, 0.2) is 0 Å². The molecule has 2 aromatic heterocycles. The molecule has 1 N–H and O–H groups in total. The van der Waals surface area contributed by atoms with Crippen molar-refractivity contribution in [1.82, 2.24) is 9.55 Å². The predicted molar refractivity (Wildman–Crippen MR) is 68.0 cm³/mol. The molecule has 0 fully saturated rings. The lowest BCUT2D eigenvalue weighted by Gasteiger charge is -2.05. The summed E-state index contributed by atoms with van der Waals surface area (Å²) in [4.78, 5) is 26.5. The third kappa shape index (κ3) is 1.78. The Hall–Kier alpha value is -2.28. The van der Waals surface area contributed by atoms with Gasteiger partial charge < -0.3 is 4.98 Å². The Bertz CT molecular complexity index is 895. The maximum atomic E-state index is 13.7. The zero-order chi connectivity index (χ0) is 13.6. The van der Waals surface area contributed by atoms with Gasteiger partial charge in [-0.05, 0) is 23.6 Å². The number of aromatic amines is 1. The second-order valence-corrected chi connectivity index (χ2v) is 4.75. The number of thiophene rings is 1. The highest BCUT2D eigenvalue weighted by Crippen LogP contribution is 2.15. The molecule has 2 heterocycles. The first-order chi connectivity index (χ1) is 9.08. The smallest absolute Gasteiger partial charge is 0.306 e. The van der Waals surface area contributed by atoms with Crippen LogP contribution in [0.15, 0.2) is 39.2 Å². The van der Waals surface area contributed by atoms with Gasteiger partial charge >= 0.3 is 5.69 Å². The van der Waals surface area contributed by atoms with E-state index in [9.17, 15) is 18.4 Å². The SMILES string of the molecule is O=c1[nH]c2ccsc2c(=O)n1-c1ccc(F)cc1F. The molecule has 0 amide bonds. The van der Waals surface area contributed by atoms with Gasteiger partial charge in [-0.25, -0.2) is 18.1 Å². The quantitative estimate of drug-likeness (QED) is 0.741. The molecule has 0 unspecified atom stereocenters. The summed E-state index contributed by atoms with van der Waals surface area (Å²) < 4.78 is 27.5. The summed E-state index contributed by atoms with van der Waals surface area (Å²) in [6.45, 7) is 0. The minimum atomic E-state index is -0.969. The maximum Gasteiger partial charge on any atom is 0.333 e. The standard InChI is InChI=1S/C12H6F2N2O2S/c13-6-1-2-9(7(14)5-6)16-11(17)10-8(3-4-19-10)15-12(16)18/h1-5H,(H,15,18). The Morgan fingerprint density at radius 1 is 1.16 bits per heavy atom. The van der Waals surface area contributed by atoms with Crippen LogP contribution >= 0.6 is 11.3 Å². The van der Waals surface area contributed by atoms with Gasteiger partial charge in [0.2, 0.25) is 0 Å². The molecule has 0 aliphatic heterocycles. The number of hydrogen-bond acceptors (Lipinski definition) is 3. The Balaban J connectivity index is 2.42. The zero-order valence-electron chi connectivity index (χ0n) is 9.31. The van der Waals surface area contributed by atoms with E-state index in [2.05, 4.69) is 4.98 Å². The van der Waals surface area contributed by atoms with E-state index in [4.69, 9.17) is 0 Å². The van der Waals surface area contributed by atoms with Crippen molar-refractivity contribution in [3.8, 4) is 5.69 Å². The molecular formula is C12H6F2N2O2S. The van der Waals surface area contributed by atoms with Crippen LogP contribution in [0.4, 0.5) is 8.78 Å². The van der Waals surface area contributed by atoms with Gasteiger partial charge in [-0.15, -0.1) is 11.3 Å². The number of halogens is 2. The molecular weight excluding hydrogens is 274 g/mol. The molecule has 4 nitrogen and oxygen atoms in total. The zero-order valence-corrected chi connectivity index (χ0v) is 10.1. The Labute approximate surface area is 108 Å². The molecule has 7 heteroatoms. The van der Waals surface area contributed by atoms with Crippen LogP contribution in [-0.2, 0) is 0 Å². The van der Waals surface area contributed by atoms with E-state index in [0.29, 0.717) is 20.9 Å². The summed E-state index contributed by atoms with van der Waals surface area (Å²) in [5, 5.41) is 1.65. The average molecular weight is 280 g/mol. The number of aromatic nitrogens is 2. The molecule has 0 aliphatic carbocycles. The largest absolute Gasteiger partial charge is 0.333 e. The van der Waals surface area contributed by atoms with Gasteiger partial charge in [0.05, 0.1) is 11.2 Å². The van der Waals surface area contributed by atoms with Crippen molar-refractivity contribution in [2.75, 3.05) is 0 Å². The molecule has 96 valence electrons. The lowest BCUT2D eigenvalue weighted by Crippen LogP contribution is -2.33. The molecule has 1 aromatic carbocycles. The van der Waals surface area contributed by atoms with Crippen LogP contribution in [0.2, 0.25) is 0 Å². The summed E-state index contributed by atoms with van der Waals surface area (Å²) >= 11 is 1.14. The first-order valence-corrected chi connectivity index (χ1v) is 6.14. The van der Waals surface area contributed by atoms with Crippen molar-refractivity contribution >= 4 is 21.6 Å². The fourth-order valence-corrected chi connectivity index (χ4v) is 2.60. The van der Waals surface area contributed by atoms with Crippen LogP contribution in [0.5, 0.6) is 0 Å². The summed E-state index contributed by atoms with van der Waals surface area (Å²) in [6, 6.07) is 4.26. The lowest BCUT2D eigenvalue weighted by molar-refractivity contribution is 0.575. The number of benzene rings is 1. The van der Waals surface area contributed by atoms with E-state index in [1.165, 1.54) is 0 Å². The second kappa shape index (κ2) is 4.13. The van der Waals surface area contributed by atoms with Crippen LogP contribution in [0.25, 0.3) is 15.9 Å². The monoisotopic (exact) mass is 280 g/mol. The van der Waals surface area contributed by atoms with Crippen LogP contribution in [0.3, 0.4) is 0 Å². The first kappa shape index (κ1) is 11.8.